The van der Waals surface area contributed by atoms with E-state index in [1.807, 2.05) is 4.68 Å². The molecular formula is C25H31N7S. The van der Waals surface area contributed by atoms with E-state index in [1.54, 1.807) is 11.3 Å². The Morgan fingerprint density at radius 3 is 2.42 bits per heavy atom. The van der Waals surface area contributed by atoms with Gasteiger partial charge in [0.1, 0.15) is 0 Å². The number of benzene rings is 2. The number of aryl methyl sites for hydroxylation is 1. The zero-order valence-corrected chi connectivity index (χ0v) is 20.6. The monoisotopic (exact) mass is 461 g/mol. The van der Waals surface area contributed by atoms with E-state index in [2.05, 4.69) is 102 Å². The number of rotatable bonds is 6. The predicted octanol–water partition coefficient (Wildman–Crippen LogP) is 4.65. The molecule has 4 aromatic rings. The van der Waals surface area contributed by atoms with Crippen LogP contribution < -0.4 is 4.90 Å². The van der Waals surface area contributed by atoms with Crippen molar-refractivity contribution in [1.82, 2.24) is 30.1 Å². The summed E-state index contributed by atoms with van der Waals surface area (Å²) in [7, 11) is 0. The molecule has 1 saturated heterocycles. The summed E-state index contributed by atoms with van der Waals surface area (Å²) in [6, 6.07) is 17.2. The first-order valence-corrected chi connectivity index (χ1v) is 12.5. The summed E-state index contributed by atoms with van der Waals surface area (Å²) in [5.41, 5.74) is 3.42. The highest BCUT2D eigenvalue weighted by molar-refractivity contribution is 7.22. The number of fused-ring (bicyclic) bond motifs is 1. The molecule has 2 aromatic carbocycles. The molecule has 0 radical (unpaired) electrons. The Labute approximate surface area is 199 Å². The maximum absolute atomic E-state index is 4.87. The van der Waals surface area contributed by atoms with Gasteiger partial charge in [0.05, 0.1) is 21.8 Å². The second kappa shape index (κ2) is 8.83. The number of piperazine rings is 1. The minimum absolute atomic E-state index is 0.0175. The van der Waals surface area contributed by atoms with Gasteiger partial charge in [-0.15, -0.1) is 5.10 Å². The Bertz CT molecular complexity index is 1190. The van der Waals surface area contributed by atoms with Crippen LogP contribution in [-0.2, 0) is 5.54 Å². The van der Waals surface area contributed by atoms with Crippen molar-refractivity contribution in [2.45, 2.75) is 45.7 Å². The number of aromatic nitrogens is 5. The Kier molecular flexibility index (Phi) is 5.88. The molecule has 0 amide bonds. The summed E-state index contributed by atoms with van der Waals surface area (Å²) < 4.78 is 3.27. The standard InChI is InChI=1S/C25H31N7S/c1-5-25(3,4)32-23(27-28-29-32)22(19-12-10-18(2)11-13-19)30-14-16-31(17-15-30)24-26-20-8-6-7-9-21(20)33-24/h6-13,22H,5,14-17H2,1-4H3/t22-/m0/s1. The molecule has 0 saturated carbocycles. The summed E-state index contributed by atoms with van der Waals surface area (Å²) in [6.07, 6.45) is 0.955. The first-order valence-electron chi connectivity index (χ1n) is 11.7. The van der Waals surface area contributed by atoms with E-state index in [1.165, 1.54) is 15.8 Å². The molecule has 1 aliphatic rings. The third-order valence-electron chi connectivity index (χ3n) is 6.80. The van der Waals surface area contributed by atoms with Crippen molar-refractivity contribution in [3.8, 4) is 0 Å². The molecule has 0 bridgehead atoms. The van der Waals surface area contributed by atoms with Crippen molar-refractivity contribution in [3.05, 3.63) is 65.5 Å². The normalized spacial score (nSPS) is 16.4. The number of hydrogen-bond donors (Lipinski definition) is 0. The van der Waals surface area contributed by atoms with Gasteiger partial charge in [-0.05, 0) is 55.3 Å². The molecular weight excluding hydrogens is 430 g/mol. The highest BCUT2D eigenvalue weighted by atomic mass is 32.1. The fraction of sp³-hybridized carbons (Fsp3) is 0.440. The van der Waals surface area contributed by atoms with Crippen molar-refractivity contribution >= 4 is 26.7 Å². The van der Waals surface area contributed by atoms with E-state index in [9.17, 15) is 0 Å². The molecule has 1 aliphatic heterocycles. The lowest BCUT2D eigenvalue weighted by Crippen LogP contribution is -2.48. The van der Waals surface area contributed by atoms with Crippen molar-refractivity contribution in [2.75, 3.05) is 31.1 Å². The maximum Gasteiger partial charge on any atom is 0.186 e. The molecule has 5 rings (SSSR count). The van der Waals surface area contributed by atoms with Crippen LogP contribution in [0.2, 0.25) is 0 Å². The summed E-state index contributed by atoms with van der Waals surface area (Å²) in [6.45, 7) is 12.4. The zero-order chi connectivity index (χ0) is 23.0. The molecule has 0 aliphatic carbocycles. The number of nitrogens with zero attached hydrogens (tertiary/aromatic N) is 7. The maximum atomic E-state index is 4.87. The second-order valence-corrected chi connectivity index (χ2v) is 10.4. The van der Waals surface area contributed by atoms with Crippen molar-refractivity contribution in [3.63, 3.8) is 0 Å². The average molecular weight is 462 g/mol. The highest BCUT2D eigenvalue weighted by Gasteiger charge is 2.34. The lowest BCUT2D eigenvalue weighted by atomic mass is 9.98. The third kappa shape index (κ3) is 4.25. The molecule has 172 valence electrons. The molecule has 7 nitrogen and oxygen atoms in total. The number of hydrogen-bond acceptors (Lipinski definition) is 7. The summed E-state index contributed by atoms with van der Waals surface area (Å²) >= 11 is 1.78. The predicted molar refractivity (Wildman–Crippen MR) is 134 cm³/mol. The first kappa shape index (κ1) is 22.0. The first-order chi connectivity index (χ1) is 16.0. The van der Waals surface area contributed by atoms with Gasteiger partial charge in [-0.25, -0.2) is 9.67 Å². The van der Waals surface area contributed by atoms with Gasteiger partial charge in [0.25, 0.3) is 0 Å². The van der Waals surface area contributed by atoms with E-state index in [-0.39, 0.29) is 11.6 Å². The van der Waals surface area contributed by atoms with E-state index in [0.717, 1.165) is 49.1 Å². The van der Waals surface area contributed by atoms with Crippen LogP contribution in [0.5, 0.6) is 0 Å². The molecule has 8 heteroatoms. The van der Waals surface area contributed by atoms with E-state index >= 15 is 0 Å². The van der Waals surface area contributed by atoms with Crippen molar-refractivity contribution < 1.29 is 0 Å². The summed E-state index contributed by atoms with van der Waals surface area (Å²) in [5, 5.41) is 14.2. The van der Waals surface area contributed by atoms with Gasteiger partial charge in [-0.2, -0.15) is 0 Å². The molecule has 2 aromatic heterocycles. The van der Waals surface area contributed by atoms with Gasteiger partial charge in [0.2, 0.25) is 0 Å². The van der Waals surface area contributed by atoms with Crippen LogP contribution in [0.15, 0.2) is 48.5 Å². The van der Waals surface area contributed by atoms with E-state index < -0.39 is 0 Å². The lowest BCUT2D eigenvalue weighted by molar-refractivity contribution is 0.187. The second-order valence-electron chi connectivity index (χ2n) is 9.42. The van der Waals surface area contributed by atoms with Crippen LogP contribution in [0, 0.1) is 6.92 Å². The van der Waals surface area contributed by atoms with E-state index in [0.29, 0.717) is 0 Å². The van der Waals surface area contributed by atoms with Crippen LogP contribution >= 0.6 is 11.3 Å². The molecule has 3 heterocycles. The van der Waals surface area contributed by atoms with Gasteiger partial charge >= 0.3 is 0 Å². The quantitative estimate of drug-likeness (QED) is 0.417. The van der Waals surface area contributed by atoms with Gasteiger partial charge in [0.15, 0.2) is 11.0 Å². The van der Waals surface area contributed by atoms with Crippen LogP contribution in [0.1, 0.15) is 50.2 Å². The Morgan fingerprint density at radius 2 is 1.73 bits per heavy atom. The average Bonchev–Trinajstić information content (AvgIpc) is 3.49. The smallest absolute Gasteiger partial charge is 0.186 e. The third-order valence-corrected chi connectivity index (χ3v) is 7.90. The molecule has 1 fully saturated rings. The van der Waals surface area contributed by atoms with Crippen LogP contribution in [0.25, 0.3) is 10.2 Å². The lowest BCUT2D eigenvalue weighted by Gasteiger charge is -2.39. The van der Waals surface area contributed by atoms with Crippen LogP contribution in [-0.4, -0.2) is 56.3 Å². The molecule has 0 unspecified atom stereocenters. The Morgan fingerprint density at radius 1 is 1.00 bits per heavy atom. The summed E-state index contributed by atoms with van der Waals surface area (Å²) in [5.74, 6) is 0.916. The molecule has 0 spiro atoms. The number of thiazole rings is 1. The summed E-state index contributed by atoms with van der Waals surface area (Å²) in [4.78, 5) is 9.80. The fourth-order valence-electron chi connectivity index (χ4n) is 4.38. The Hall–Kier alpha value is -2.84. The number of anilines is 1. The van der Waals surface area contributed by atoms with Gasteiger partial charge in [-0.3, -0.25) is 4.90 Å². The molecule has 0 N–H and O–H groups in total. The van der Waals surface area contributed by atoms with E-state index in [4.69, 9.17) is 4.98 Å². The SMILES string of the molecule is CCC(C)(C)n1nnnc1[C@H](c1ccc(C)cc1)N1CCN(c2nc3ccccc3s2)CC1. The topological polar surface area (TPSA) is 63.0 Å². The van der Waals surface area contributed by atoms with Crippen LogP contribution in [0.4, 0.5) is 5.13 Å². The van der Waals surface area contributed by atoms with Crippen molar-refractivity contribution in [2.24, 2.45) is 0 Å². The number of tetrazole rings is 1. The largest absolute Gasteiger partial charge is 0.345 e. The molecule has 33 heavy (non-hydrogen) atoms. The molecule has 1 atom stereocenters. The highest BCUT2D eigenvalue weighted by Crippen LogP contribution is 2.34. The minimum atomic E-state index is -0.148. The van der Waals surface area contributed by atoms with Gasteiger partial charge in [0, 0.05) is 26.2 Å². The zero-order valence-electron chi connectivity index (χ0n) is 19.8. The number of para-hydroxylation sites is 1. The minimum Gasteiger partial charge on any atom is -0.345 e. The van der Waals surface area contributed by atoms with Crippen LogP contribution in [0.3, 0.4) is 0 Å². The van der Waals surface area contributed by atoms with Gasteiger partial charge in [-0.1, -0.05) is 60.2 Å². The fourth-order valence-corrected chi connectivity index (χ4v) is 5.40. The van der Waals surface area contributed by atoms with Crippen molar-refractivity contribution in [1.29, 1.82) is 0 Å². The Balaban J connectivity index is 1.43. The van der Waals surface area contributed by atoms with Gasteiger partial charge < -0.3 is 4.90 Å².